The lowest BCUT2D eigenvalue weighted by Crippen LogP contribution is -2.00. The molecule has 0 N–H and O–H groups in total. The number of para-hydroxylation sites is 2. The fourth-order valence-corrected chi connectivity index (χ4v) is 7.68. The van der Waals surface area contributed by atoms with Crippen LogP contribution in [0.15, 0.2) is 170 Å². The molecular weight excluding hydrogens is 629 g/mol. The van der Waals surface area contributed by atoms with Crippen LogP contribution in [0.2, 0.25) is 0 Å². The van der Waals surface area contributed by atoms with Crippen LogP contribution in [-0.4, -0.2) is 19.5 Å². The van der Waals surface area contributed by atoms with Gasteiger partial charge in [-0.1, -0.05) is 133 Å². The molecule has 5 heteroatoms. The third-order valence-corrected chi connectivity index (χ3v) is 10.1. The molecular formula is C45H28N4S. The lowest BCUT2D eigenvalue weighted by atomic mass is 10.0. The Labute approximate surface area is 303 Å². The van der Waals surface area contributed by atoms with Crippen LogP contribution in [-0.2, 0) is 0 Å². The first-order valence-corrected chi connectivity index (χ1v) is 16.9. The quantitative estimate of drug-likeness (QED) is 0.184. The maximum Gasteiger partial charge on any atom is 0.164 e. The van der Waals surface area contributed by atoms with E-state index in [9.17, 15) is 0 Å². The zero-order valence-corrected chi connectivity index (χ0v) is 27.1. The summed E-state index contributed by atoms with van der Waals surface area (Å²) >= 11 is 1.74. The maximum absolute atomic E-state index is 8.87. The van der Waals surface area contributed by atoms with Crippen molar-refractivity contribution in [2.45, 2.75) is 0 Å². The molecule has 0 amide bonds. The minimum atomic E-state index is -0.476. The van der Waals surface area contributed by atoms with E-state index < -0.39 is 24.2 Å². The van der Waals surface area contributed by atoms with Gasteiger partial charge < -0.3 is 4.57 Å². The molecule has 0 aliphatic rings. The smallest absolute Gasteiger partial charge is 0.164 e. The van der Waals surface area contributed by atoms with E-state index in [0.717, 1.165) is 32.5 Å². The minimum absolute atomic E-state index is 0.0399. The van der Waals surface area contributed by atoms with Gasteiger partial charge in [0.05, 0.1) is 22.0 Å². The number of hydrogen-bond donors (Lipinski definition) is 0. The minimum Gasteiger partial charge on any atom is -0.309 e. The number of aromatic nitrogens is 4. The summed E-state index contributed by atoms with van der Waals surface area (Å²) in [6.07, 6.45) is 0. The first-order chi connectivity index (χ1) is 28.1. The SMILES string of the molecule is [2H]c1c([2H])c([2H])c2c(c1[2H])c1c([2H])c([2H])c([2H])c([2H])c1n2-c1cccc(-c2ccc(-c3nc(-c4ccccc4)nc(-c4ccc5c(c4)sc4ccccc45)n3)cc2)c1. The highest BCUT2D eigenvalue weighted by Crippen LogP contribution is 2.37. The molecule has 10 aromatic rings. The molecule has 0 atom stereocenters. The van der Waals surface area contributed by atoms with Gasteiger partial charge in [-0.25, -0.2) is 15.0 Å². The Hall–Kier alpha value is -6.43. The number of hydrogen-bond acceptors (Lipinski definition) is 4. The molecule has 4 nitrogen and oxygen atoms in total. The molecule has 3 heterocycles. The molecule has 0 radical (unpaired) electrons. The van der Waals surface area contributed by atoms with Crippen LogP contribution in [0.5, 0.6) is 0 Å². The number of thiophene rings is 1. The predicted octanol–water partition coefficient (Wildman–Crippen LogP) is 12.0. The zero-order valence-electron chi connectivity index (χ0n) is 34.2. The largest absolute Gasteiger partial charge is 0.309 e. The first kappa shape index (κ1) is 21.5. The van der Waals surface area contributed by atoms with E-state index in [0.29, 0.717) is 23.2 Å². The first-order valence-electron chi connectivity index (χ1n) is 20.0. The molecule has 0 saturated heterocycles. The van der Waals surface area contributed by atoms with Crippen LogP contribution < -0.4 is 0 Å². The van der Waals surface area contributed by atoms with E-state index in [1.165, 1.54) is 20.0 Å². The van der Waals surface area contributed by atoms with Crippen molar-refractivity contribution in [2.24, 2.45) is 0 Å². The summed E-state index contributed by atoms with van der Waals surface area (Å²) in [6, 6.07) is 36.3. The van der Waals surface area contributed by atoms with Crippen molar-refractivity contribution in [1.82, 2.24) is 19.5 Å². The molecule has 0 fully saturated rings. The Balaban J connectivity index is 1.09. The molecule has 3 aromatic heterocycles. The van der Waals surface area contributed by atoms with Crippen molar-refractivity contribution >= 4 is 53.3 Å². The second-order valence-electron chi connectivity index (χ2n) is 11.9. The second-order valence-corrected chi connectivity index (χ2v) is 13.0. The van der Waals surface area contributed by atoms with E-state index >= 15 is 0 Å². The normalized spacial score (nSPS) is 13.8. The number of rotatable bonds is 5. The molecule has 234 valence electrons. The van der Waals surface area contributed by atoms with Gasteiger partial charge in [0.15, 0.2) is 17.5 Å². The Bertz CT molecular complexity index is 3250. The summed E-state index contributed by atoms with van der Waals surface area (Å²) in [5.41, 5.74) is 4.76. The van der Waals surface area contributed by atoms with Crippen LogP contribution >= 0.6 is 11.3 Å². The van der Waals surface area contributed by atoms with Crippen LogP contribution in [0, 0.1) is 0 Å². The average Bonchev–Trinajstić information content (AvgIpc) is 3.83. The molecule has 7 aromatic carbocycles. The molecule has 0 bridgehead atoms. The van der Waals surface area contributed by atoms with E-state index in [-0.39, 0.29) is 46.0 Å². The van der Waals surface area contributed by atoms with Gasteiger partial charge in [-0.05, 0) is 47.5 Å². The van der Waals surface area contributed by atoms with Crippen LogP contribution in [0.1, 0.15) is 11.0 Å². The van der Waals surface area contributed by atoms with Gasteiger partial charge >= 0.3 is 0 Å². The van der Waals surface area contributed by atoms with Gasteiger partial charge in [0.2, 0.25) is 0 Å². The van der Waals surface area contributed by atoms with Gasteiger partial charge in [-0.2, -0.15) is 0 Å². The van der Waals surface area contributed by atoms with Crippen molar-refractivity contribution in [3.8, 4) is 51.0 Å². The van der Waals surface area contributed by atoms with Crippen molar-refractivity contribution < 1.29 is 11.0 Å². The number of nitrogens with zero attached hydrogens (tertiary/aromatic N) is 4. The van der Waals surface area contributed by atoms with Gasteiger partial charge in [0, 0.05) is 53.3 Å². The molecule has 0 unspecified atom stereocenters. The zero-order chi connectivity index (χ0) is 40.0. The Morgan fingerprint density at radius 2 is 0.980 bits per heavy atom. The van der Waals surface area contributed by atoms with Crippen LogP contribution in [0.25, 0.3) is 93.0 Å². The van der Waals surface area contributed by atoms with E-state index in [1.54, 1.807) is 17.4 Å². The van der Waals surface area contributed by atoms with Gasteiger partial charge in [-0.3, -0.25) is 0 Å². The highest BCUT2D eigenvalue weighted by Gasteiger charge is 2.15. The molecule has 50 heavy (non-hydrogen) atoms. The second kappa shape index (κ2) is 11.6. The predicted molar refractivity (Wildman–Crippen MR) is 209 cm³/mol. The lowest BCUT2D eigenvalue weighted by molar-refractivity contribution is 1.07. The monoisotopic (exact) mass is 664 g/mol. The van der Waals surface area contributed by atoms with E-state index in [4.69, 9.17) is 25.9 Å². The van der Waals surface area contributed by atoms with Crippen molar-refractivity contribution in [3.63, 3.8) is 0 Å². The van der Waals surface area contributed by atoms with Gasteiger partial charge in [0.1, 0.15) is 0 Å². The third-order valence-electron chi connectivity index (χ3n) is 8.92. The molecule has 0 spiro atoms. The molecule has 0 saturated carbocycles. The standard InChI is InChI=1S/C45H28N4S/c1-2-11-30(12-3-1)43-46-44(48-45(47-43)33-25-26-38-37-17-6-9-20-41(37)50-42(38)28-33)31-23-21-29(22-24-31)32-13-10-14-34(27-32)49-39-18-7-4-15-35(39)36-16-5-8-19-40(36)49/h1-28H/i4D,5D,7D,8D,15D,16D,18D,19D. The molecule has 0 aliphatic heterocycles. The summed E-state index contributed by atoms with van der Waals surface area (Å²) < 4.78 is 72.7. The Morgan fingerprint density at radius 1 is 0.420 bits per heavy atom. The van der Waals surface area contributed by atoms with Gasteiger partial charge in [0.25, 0.3) is 0 Å². The summed E-state index contributed by atoms with van der Waals surface area (Å²) in [7, 11) is 0. The van der Waals surface area contributed by atoms with Crippen molar-refractivity contribution in [3.05, 3.63) is 170 Å². The summed E-state index contributed by atoms with van der Waals surface area (Å²) in [4.78, 5) is 14.8. The lowest BCUT2D eigenvalue weighted by Gasteiger charge is -2.11. The Morgan fingerprint density at radius 3 is 1.72 bits per heavy atom. The fraction of sp³-hybridized carbons (Fsp3) is 0. The molecule has 0 aliphatic carbocycles. The van der Waals surface area contributed by atoms with E-state index in [2.05, 4.69) is 42.5 Å². The van der Waals surface area contributed by atoms with Crippen molar-refractivity contribution in [1.29, 1.82) is 0 Å². The average molecular weight is 665 g/mol. The molecule has 10 rings (SSSR count). The van der Waals surface area contributed by atoms with Crippen LogP contribution in [0.3, 0.4) is 0 Å². The van der Waals surface area contributed by atoms with Crippen molar-refractivity contribution in [2.75, 3.05) is 0 Å². The highest BCUT2D eigenvalue weighted by atomic mass is 32.1. The fourth-order valence-electron chi connectivity index (χ4n) is 6.53. The number of fused-ring (bicyclic) bond motifs is 6. The maximum atomic E-state index is 8.87. The summed E-state index contributed by atoms with van der Waals surface area (Å²) in [6.45, 7) is 0. The number of benzene rings is 7. The van der Waals surface area contributed by atoms with Gasteiger partial charge in [-0.15, -0.1) is 11.3 Å². The third kappa shape index (κ3) is 4.79. The van der Waals surface area contributed by atoms with E-state index in [1.807, 2.05) is 72.8 Å². The summed E-state index contributed by atoms with van der Waals surface area (Å²) in [5, 5.41) is 2.49. The highest BCUT2D eigenvalue weighted by molar-refractivity contribution is 7.25. The summed E-state index contributed by atoms with van der Waals surface area (Å²) in [5.74, 6) is 1.62. The Kier molecular flexibility index (Phi) is 5.00. The topological polar surface area (TPSA) is 43.6 Å². The van der Waals surface area contributed by atoms with Crippen LogP contribution in [0.4, 0.5) is 0 Å².